The van der Waals surface area contributed by atoms with Gasteiger partial charge in [-0.05, 0) is 18.2 Å². The highest BCUT2D eigenvalue weighted by Gasteiger charge is 2.13. The lowest BCUT2D eigenvalue weighted by molar-refractivity contribution is 0.766. The van der Waals surface area contributed by atoms with Crippen LogP contribution in [0.2, 0.25) is 10.0 Å². The summed E-state index contributed by atoms with van der Waals surface area (Å²) < 4.78 is 1.77. The van der Waals surface area contributed by atoms with E-state index in [1.807, 2.05) is 31.6 Å². The standard InChI is InChI=1S/C12H13Cl2N3S/c1-17-7-8(6-16-17)12(5-15)18-9-2-3-10(13)11(14)4-9/h2-4,6-7,12H,5,15H2,1H3. The van der Waals surface area contributed by atoms with E-state index in [1.165, 1.54) is 0 Å². The topological polar surface area (TPSA) is 43.8 Å². The summed E-state index contributed by atoms with van der Waals surface area (Å²) >= 11 is 13.5. The van der Waals surface area contributed by atoms with Crippen molar-refractivity contribution in [1.82, 2.24) is 9.78 Å². The minimum atomic E-state index is 0.163. The van der Waals surface area contributed by atoms with Gasteiger partial charge in [0, 0.05) is 35.5 Å². The van der Waals surface area contributed by atoms with Gasteiger partial charge >= 0.3 is 0 Å². The molecule has 0 aliphatic heterocycles. The molecule has 2 aromatic rings. The first kappa shape index (κ1) is 13.7. The molecule has 3 nitrogen and oxygen atoms in total. The van der Waals surface area contributed by atoms with E-state index in [0.29, 0.717) is 16.6 Å². The van der Waals surface area contributed by atoms with Gasteiger partial charge in [-0.15, -0.1) is 11.8 Å². The van der Waals surface area contributed by atoms with Crippen molar-refractivity contribution in [2.75, 3.05) is 6.54 Å². The fraction of sp³-hybridized carbons (Fsp3) is 0.250. The molecule has 2 N–H and O–H groups in total. The van der Waals surface area contributed by atoms with Crippen LogP contribution in [0.25, 0.3) is 0 Å². The number of benzene rings is 1. The molecule has 1 heterocycles. The number of aryl methyl sites for hydroxylation is 1. The summed E-state index contributed by atoms with van der Waals surface area (Å²) in [5.41, 5.74) is 6.92. The van der Waals surface area contributed by atoms with Crippen molar-refractivity contribution < 1.29 is 0 Å². The predicted molar refractivity (Wildman–Crippen MR) is 77.3 cm³/mol. The number of nitrogens with zero attached hydrogens (tertiary/aromatic N) is 2. The van der Waals surface area contributed by atoms with Gasteiger partial charge < -0.3 is 5.73 Å². The molecule has 0 fully saturated rings. The number of hydrogen-bond donors (Lipinski definition) is 1. The maximum atomic E-state index is 6.00. The number of halogens is 2. The zero-order valence-corrected chi connectivity index (χ0v) is 12.1. The summed E-state index contributed by atoms with van der Waals surface area (Å²) in [5, 5.41) is 5.44. The van der Waals surface area contributed by atoms with E-state index in [2.05, 4.69) is 5.10 Å². The Balaban J connectivity index is 2.17. The van der Waals surface area contributed by atoms with Crippen LogP contribution in [-0.4, -0.2) is 16.3 Å². The molecular formula is C12H13Cl2N3S. The third-order valence-corrected chi connectivity index (χ3v) is 4.49. The van der Waals surface area contributed by atoms with Gasteiger partial charge in [0.1, 0.15) is 0 Å². The fourth-order valence-electron chi connectivity index (χ4n) is 1.57. The van der Waals surface area contributed by atoms with Crippen molar-refractivity contribution >= 4 is 35.0 Å². The SMILES string of the molecule is Cn1cc(C(CN)Sc2ccc(Cl)c(Cl)c2)cn1. The Kier molecular flexibility index (Phi) is 4.56. The molecule has 2 rings (SSSR count). The van der Waals surface area contributed by atoms with Gasteiger partial charge in [0.2, 0.25) is 0 Å². The first-order chi connectivity index (χ1) is 8.60. The highest BCUT2D eigenvalue weighted by molar-refractivity contribution is 7.99. The van der Waals surface area contributed by atoms with Gasteiger partial charge in [0.25, 0.3) is 0 Å². The van der Waals surface area contributed by atoms with Crippen LogP contribution < -0.4 is 5.73 Å². The van der Waals surface area contributed by atoms with Crippen molar-refractivity contribution in [2.45, 2.75) is 10.1 Å². The van der Waals surface area contributed by atoms with Crippen LogP contribution >= 0.6 is 35.0 Å². The minimum Gasteiger partial charge on any atom is -0.329 e. The lowest BCUT2D eigenvalue weighted by Gasteiger charge is -2.12. The smallest absolute Gasteiger partial charge is 0.0603 e. The molecule has 96 valence electrons. The van der Waals surface area contributed by atoms with E-state index in [9.17, 15) is 0 Å². The molecule has 6 heteroatoms. The van der Waals surface area contributed by atoms with Crippen LogP contribution in [0, 0.1) is 0 Å². The van der Waals surface area contributed by atoms with E-state index < -0.39 is 0 Å². The van der Waals surface area contributed by atoms with Crippen LogP contribution in [0.3, 0.4) is 0 Å². The van der Waals surface area contributed by atoms with Gasteiger partial charge in [-0.2, -0.15) is 5.10 Å². The van der Waals surface area contributed by atoms with Crippen molar-refractivity contribution in [3.63, 3.8) is 0 Å². The molecule has 0 amide bonds. The summed E-state index contributed by atoms with van der Waals surface area (Å²) in [5.74, 6) is 0. The molecule has 0 spiro atoms. The van der Waals surface area contributed by atoms with Crippen LogP contribution in [0.1, 0.15) is 10.8 Å². The second kappa shape index (κ2) is 5.97. The predicted octanol–water partition coefficient (Wildman–Crippen LogP) is 3.52. The van der Waals surface area contributed by atoms with Crippen LogP contribution in [0.15, 0.2) is 35.5 Å². The normalized spacial score (nSPS) is 12.7. The van der Waals surface area contributed by atoms with Gasteiger partial charge in [0.15, 0.2) is 0 Å². The molecule has 1 unspecified atom stereocenters. The lowest BCUT2D eigenvalue weighted by atomic mass is 10.2. The number of rotatable bonds is 4. The highest BCUT2D eigenvalue weighted by Crippen LogP contribution is 2.36. The van der Waals surface area contributed by atoms with E-state index in [-0.39, 0.29) is 5.25 Å². The highest BCUT2D eigenvalue weighted by atomic mass is 35.5. The third kappa shape index (κ3) is 3.20. The van der Waals surface area contributed by atoms with Gasteiger partial charge in [-0.1, -0.05) is 23.2 Å². The Morgan fingerprint density at radius 2 is 2.17 bits per heavy atom. The van der Waals surface area contributed by atoms with Crippen molar-refractivity contribution in [3.05, 3.63) is 46.2 Å². The molecule has 1 atom stereocenters. The fourth-order valence-corrected chi connectivity index (χ4v) is 2.95. The first-order valence-corrected chi connectivity index (χ1v) is 7.04. The Bertz CT molecular complexity index is 542. The van der Waals surface area contributed by atoms with E-state index in [4.69, 9.17) is 28.9 Å². The summed E-state index contributed by atoms with van der Waals surface area (Å²) in [4.78, 5) is 1.05. The summed E-state index contributed by atoms with van der Waals surface area (Å²) in [6.45, 7) is 0.538. The largest absolute Gasteiger partial charge is 0.329 e. The Labute approximate surface area is 120 Å². The average molecular weight is 302 g/mol. The van der Waals surface area contributed by atoms with E-state index >= 15 is 0 Å². The average Bonchev–Trinajstić information content (AvgIpc) is 2.77. The van der Waals surface area contributed by atoms with E-state index in [1.54, 1.807) is 22.5 Å². The summed E-state index contributed by atoms with van der Waals surface area (Å²) in [7, 11) is 1.89. The zero-order valence-electron chi connectivity index (χ0n) is 9.81. The maximum Gasteiger partial charge on any atom is 0.0603 e. The second-order valence-electron chi connectivity index (χ2n) is 3.87. The first-order valence-electron chi connectivity index (χ1n) is 5.40. The van der Waals surface area contributed by atoms with Crippen LogP contribution in [0.5, 0.6) is 0 Å². The Morgan fingerprint density at radius 1 is 1.39 bits per heavy atom. The monoisotopic (exact) mass is 301 g/mol. The second-order valence-corrected chi connectivity index (χ2v) is 5.96. The molecule has 0 saturated carbocycles. The van der Waals surface area contributed by atoms with Crippen molar-refractivity contribution in [3.8, 4) is 0 Å². The molecule has 0 aliphatic rings. The molecule has 0 aliphatic carbocycles. The zero-order chi connectivity index (χ0) is 13.1. The number of thioether (sulfide) groups is 1. The molecule has 1 aromatic heterocycles. The summed E-state index contributed by atoms with van der Waals surface area (Å²) in [6, 6.07) is 5.59. The van der Waals surface area contributed by atoms with Crippen molar-refractivity contribution in [2.24, 2.45) is 12.8 Å². The van der Waals surface area contributed by atoms with Crippen LogP contribution in [-0.2, 0) is 7.05 Å². The molecule has 0 radical (unpaired) electrons. The number of aromatic nitrogens is 2. The van der Waals surface area contributed by atoms with Crippen LogP contribution in [0.4, 0.5) is 0 Å². The Hall–Kier alpha value is -0.680. The van der Waals surface area contributed by atoms with E-state index in [0.717, 1.165) is 10.5 Å². The molecule has 0 bridgehead atoms. The minimum absolute atomic E-state index is 0.163. The van der Waals surface area contributed by atoms with Gasteiger partial charge in [-0.3, -0.25) is 4.68 Å². The third-order valence-electron chi connectivity index (χ3n) is 2.48. The van der Waals surface area contributed by atoms with Crippen molar-refractivity contribution in [1.29, 1.82) is 0 Å². The molecular weight excluding hydrogens is 289 g/mol. The quantitative estimate of drug-likeness (QED) is 0.879. The molecule has 1 aromatic carbocycles. The number of hydrogen-bond acceptors (Lipinski definition) is 3. The van der Waals surface area contributed by atoms with Gasteiger partial charge in [-0.25, -0.2) is 0 Å². The maximum absolute atomic E-state index is 6.00. The number of nitrogens with two attached hydrogens (primary N) is 1. The van der Waals surface area contributed by atoms with Gasteiger partial charge in [0.05, 0.1) is 16.2 Å². The molecule has 0 saturated heterocycles. The summed E-state index contributed by atoms with van der Waals surface area (Å²) in [6.07, 6.45) is 3.81. The Morgan fingerprint density at radius 3 is 2.72 bits per heavy atom. The molecule has 18 heavy (non-hydrogen) atoms. The lowest BCUT2D eigenvalue weighted by Crippen LogP contribution is -2.08.